The second-order valence-electron chi connectivity index (χ2n) is 14.0. The highest BCUT2D eigenvalue weighted by atomic mass is 35.5. The van der Waals surface area contributed by atoms with E-state index in [1.165, 1.54) is 12.1 Å². The molecule has 3 fully saturated rings. The van der Waals surface area contributed by atoms with E-state index in [0.717, 1.165) is 31.1 Å². The average molecular weight is 714 g/mol. The fraction of sp³-hybridized carbons (Fsp3) is 0.543. The number of amides is 1. The van der Waals surface area contributed by atoms with Gasteiger partial charge in [-0.15, -0.1) is 0 Å². The molecule has 3 saturated heterocycles. The molecule has 3 aromatic rings. The maximum Gasteiger partial charge on any atom is 0.319 e. The number of alkyl halides is 1. The molecule has 49 heavy (non-hydrogen) atoms. The number of carbonyl (C=O) groups excluding carboxylic acids is 1. The molecule has 4 aliphatic rings. The van der Waals surface area contributed by atoms with E-state index in [0.29, 0.717) is 43.6 Å². The standard InChI is InChI=1S/C35H39ClF3N7O2S/c1-5-26(47)46-12-9-25(18(46)2)44(4)32-21-13-23(36)28(20-7-8-24(38)31-27(20)22(15-40)34(3,41)49-31)29(39)30(21)42-33(43-32)48-17-35-10-6-11-45(35)16-19(37)14-35/h7-8,13,18-19,22,25H,5-6,9-12,14,16-17,41H2,1-4H3/t18?,19-,22?,25-,34?,35+/m1/s1. The third kappa shape index (κ3) is 5.50. The fourth-order valence-corrected chi connectivity index (χ4v) is 10.0. The number of likely N-dealkylation sites (tertiary alicyclic amines) is 1. The van der Waals surface area contributed by atoms with E-state index < -0.39 is 34.1 Å². The Morgan fingerprint density at radius 1 is 1.31 bits per heavy atom. The first-order chi connectivity index (χ1) is 23.3. The van der Waals surface area contributed by atoms with Crippen LogP contribution in [0, 0.1) is 23.0 Å². The van der Waals surface area contributed by atoms with Crippen LogP contribution in [0.2, 0.25) is 5.02 Å². The van der Waals surface area contributed by atoms with Crippen LogP contribution in [0.5, 0.6) is 6.01 Å². The van der Waals surface area contributed by atoms with E-state index in [4.69, 9.17) is 27.1 Å². The predicted molar refractivity (Wildman–Crippen MR) is 184 cm³/mol. The third-order valence-corrected chi connectivity index (χ3v) is 12.6. The summed E-state index contributed by atoms with van der Waals surface area (Å²) >= 11 is 7.93. The van der Waals surface area contributed by atoms with Crippen molar-refractivity contribution in [1.29, 1.82) is 5.26 Å². The lowest BCUT2D eigenvalue weighted by molar-refractivity contribution is -0.131. The Hall–Kier alpha value is -3.31. The van der Waals surface area contributed by atoms with Crippen molar-refractivity contribution >= 4 is 46.0 Å². The quantitative estimate of drug-likeness (QED) is 0.297. The van der Waals surface area contributed by atoms with E-state index in [-0.39, 0.29) is 62.7 Å². The summed E-state index contributed by atoms with van der Waals surface area (Å²) in [5.41, 5.74) is 6.38. The maximum absolute atomic E-state index is 17.1. The first kappa shape index (κ1) is 34.2. The molecule has 6 atom stereocenters. The zero-order valence-electron chi connectivity index (χ0n) is 27.9. The van der Waals surface area contributed by atoms with E-state index in [1.807, 2.05) is 30.7 Å². The minimum Gasteiger partial charge on any atom is -0.461 e. The van der Waals surface area contributed by atoms with Crippen LogP contribution in [-0.4, -0.2) is 87.6 Å². The van der Waals surface area contributed by atoms with Crippen molar-refractivity contribution in [1.82, 2.24) is 19.8 Å². The number of nitriles is 1. The van der Waals surface area contributed by atoms with Crippen molar-refractivity contribution in [3.8, 4) is 23.2 Å². The van der Waals surface area contributed by atoms with Gasteiger partial charge in [0.15, 0.2) is 5.82 Å². The van der Waals surface area contributed by atoms with Gasteiger partial charge >= 0.3 is 6.01 Å². The smallest absolute Gasteiger partial charge is 0.319 e. The van der Waals surface area contributed by atoms with Crippen LogP contribution >= 0.6 is 23.4 Å². The average Bonchev–Trinajstić information content (AvgIpc) is 3.79. The molecule has 0 bridgehead atoms. The van der Waals surface area contributed by atoms with Gasteiger partial charge in [0, 0.05) is 50.0 Å². The Morgan fingerprint density at radius 3 is 2.82 bits per heavy atom. The van der Waals surface area contributed by atoms with Crippen molar-refractivity contribution in [3.63, 3.8) is 0 Å². The summed E-state index contributed by atoms with van der Waals surface area (Å²) in [6, 6.07) is 6.05. The molecule has 1 amide bonds. The number of aromatic nitrogens is 2. The van der Waals surface area contributed by atoms with Crippen LogP contribution in [0.3, 0.4) is 0 Å². The summed E-state index contributed by atoms with van der Waals surface area (Å²) in [6.07, 6.45) is 2.15. The fourth-order valence-electron chi connectivity index (χ4n) is 8.48. The number of anilines is 1. The zero-order chi connectivity index (χ0) is 35.0. The molecule has 0 radical (unpaired) electrons. The Balaban J connectivity index is 1.37. The zero-order valence-corrected chi connectivity index (χ0v) is 29.5. The van der Waals surface area contributed by atoms with Crippen LogP contribution in [0.1, 0.15) is 64.4 Å². The van der Waals surface area contributed by atoms with Crippen molar-refractivity contribution in [2.75, 3.05) is 38.2 Å². The number of likely N-dealkylation sites (N-methyl/N-ethyl adjacent to an activating group) is 1. The Morgan fingerprint density at radius 2 is 2.08 bits per heavy atom. The van der Waals surface area contributed by atoms with Gasteiger partial charge in [0.1, 0.15) is 35.8 Å². The molecule has 9 nitrogen and oxygen atoms in total. The number of nitrogens with two attached hydrogens (primary N) is 1. The number of rotatable bonds is 7. The number of fused-ring (bicyclic) bond motifs is 3. The molecule has 260 valence electrons. The summed E-state index contributed by atoms with van der Waals surface area (Å²) < 4.78 is 53.0. The third-order valence-electron chi connectivity index (χ3n) is 11.0. The maximum atomic E-state index is 17.1. The van der Waals surface area contributed by atoms with Crippen LogP contribution in [0.15, 0.2) is 23.1 Å². The van der Waals surface area contributed by atoms with Gasteiger partial charge < -0.3 is 20.3 Å². The van der Waals surface area contributed by atoms with Gasteiger partial charge in [-0.25, -0.2) is 13.2 Å². The normalized spacial score (nSPS) is 29.3. The lowest BCUT2D eigenvalue weighted by atomic mass is 9.87. The molecule has 5 heterocycles. The number of hydrogen-bond donors (Lipinski definition) is 1. The number of hydrogen-bond acceptors (Lipinski definition) is 9. The van der Waals surface area contributed by atoms with E-state index in [2.05, 4.69) is 16.0 Å². The van der Waals surface area contributed by atoms with Crippen molar-refractivity contribution in [2.24, 2.45) is 5.73 Å². The van der Waals surface area contributed by atoms with Crippen molar-refractivity contribution in [3.05, 3.63) is 40.4 Å². The summed E-state index contributed by atoms with van der Waals surface area (Å²) in [7, 11) is 1.85. The number of halogens is 4. The lowest BCUT2D eigenvalue weighted by Gasteiger charge is -2.33. The van der Waals surface area contributed by atoms with Crippen molar-refractivity contribution < 1.29 is 22.7 Å². The number of nitrogens with zero attached hydrogens (tertiary/aromatic N) is 6. The van der Waals surface area contributed by atoms with Crippen LogP contribution in [-0.2, 0) is 4.79 Å². The molecule has 0 saturated carbocycles. The summed E-state index contributed by atoms with van der Waals surface area (Å²) in [5.74, 6) is -1.85. The Labute approximate surface area is 292 Å². The number of benzene rings is 2. The monoisotopic (exact) mass is 713 g/mol. The number of carbonyl (C=O) groups is 1. The van der Waals surface area contributed by atoms with Gasteiger partial charge in [0.2, 0.25) is 5.91 Å². The largest absolute Gasteiger partial charge is 0.461 e. The second kappa shape index (κ2) is 12.5. The Bertz CT molecular complexity index is 1890. The van der Waals surface area contributed by atoms with E-state index >= 15 is 8.78 Å². The summed E-state index contributed by atoms with van der Waals surface area (Å²) in [6.45, 7) is 7.31. The molecule has 7 rings (SSSR count). The molecule has 2 N–H and O–H groups in total. The molecule has 3 unspecified atom stereocenters. The molecule has 0 spiro atoms. The topological polar surface area (TPSA) is 112 Å². The molecule has 1 aromatic heterocycles. The minimum absolute atomic E-state index is 0.0285. The van der Waals surface area contributed by atoms with E-state index in [9.17, 15) is 14.4 Å². The van der Waals surface area contributed by atoms with Gasteiger partial charge in [-0.1, -0.05) is 36.4 Å². The molecular weight excluding hydrogens is 675 g/mol. The highest BCUT2D eigenvalue weighted by Crippen LogP contribution is 2.55. The lowest BCUT2D eigenvalue weighted by Crippen LogP contribution is -2.44. The van der Waals surface area contributed by atoms with Gasteiger partial charge in [-0.3, -0.25) is 9.69 Å². The first-order valence-corrected chi connectivity index (χ1v) is 17.9. The first-order valence-electron chi connectivity index (χ1n) is 16.7. The minimum atomic E-state index is -1.15. The number of thioether (sulfide) groups is 1. The molecule has 2 aromatic carbocycles. The van der Waals surface area contributed by atoms with Gasteiger partial charge in [-0.2, -0.15) is 15.2 Å². The second-order valence-corrected chi connectivity index (χ2v) is 15.9. The SMILES string of the molecule is CCC(=O)N1CC[C@@H](N(C)c2nc(OC[C@@]34CCCN3C[C@H](F)C4)nc3c(F)c(-c4ccc(F)c5c4C(C#N)C(C)(N)S5)c(Cl)cc23)C1C. The molecular formula is C35H39ClF3N7O2S. The molecule has 14 heteroatoms. The Kier molecular flexibility index (Phi) is 8.70. The van der Waals surface area contributed by atoms with Gasteiger partial charge in [-0.05, 0) is 62.9 Å². The van der Waals surface area contributed by atoms with Crippen LogP contribution < -0.4 is 15.4 Å². The van der Waals surface area contributed by atoms with Crippen LogP contribution in [0.25, 0.3) is 22.0 Å². The highest BCUT2D eigenvalue weighted by molar-refractivity contribution is 8.01. The highest BCUT2D eigenvalue weighted by Gasteiger charge is 2.50. The van der Waals surface area contributed by atoms with E-state index in [1.54, 1.807) is 13.0 Å². The predicted octanol–water partition coefficient (Wildman–Crippen LogP) is 6.41. The summed E-state index contributed by atoms with van der Waals surface area (Å²) in [4.78, 5) is 27.0. The number of ether oxygens (including phenoxy) is 1. The molecule has 0 aliphatic carbocycles. The summed E-state index contributed by atoms with van der Waals surface area (Å²) in [5, 5.41) is 10.4. The van der Waals surface area contributed by atoms with Crippen LogP contribution in [0.4, 0.5) is 19.0 Å². The van der Waals surface area contributed by atoms with Gasteiger partial charge in [0.25, 0.3) is 0 Å². The van der Waals surface area contributed by atoms with Crippen molar-refractivity contribution in [2.45, 2.75) is 92.4 Å². The molecule has 4 aliphatic heterocycles. The van der Waals surface area contributed by atoms with Gasteiger partial charge in [0.05, 0.1) is 32.4 Å².